The number of Topliss-reactive ketones (excluding diaryl/α,β-unsaturated/α-hetero) is 1. The molecule has 0 aliphatic carbocycles. The monoisotopic (exact) mass is 487 g/mol. The molecule has 2 aliphatic rings. The fourth-order valence-electron chi connectivity index (χ4n) is 4.42. The van der Waals surface area contributed by atoms with Crippen LogP contribution in [0.5, 0.6) is 5.75 Å². The van der Waals surface area contributed by atoms with E-state index < -0.39 is 34.9 Å². The number of unbranched alkanes of at least 4 members (excludes halogenated alkanes) is 1. The van der Waals surface area contributed by atoms with E-state index in [-0.39, 0.29) is 60.5 Å². The van der Waals surface area contributed by atoms with Gasteiger partial charge in [0.2, 0.25) is 5.43 Å². The largest absolute Gasteiger partial charge is 0.487 e. The number of fused-ring (bicyclic) bond motifs is 4. The molecule has 10 heteroatoms. The van der Waals surface area contributed by atoms with E-state index >= 15 is 0 Å². The van der Waals surface area contributed by atoms with E-state index in [1.54, 1.807) is 4.90 Å². The molecule has 3 heterocycles. The summed E-state index contributed by atoms with van der Waals surface area (Å²) in [4.78, 5) is 54.2. The summed E-state index contributed by atoms with van der Waals surface area (Å²) in [5.41, 5.74) is -1.10. The summed E-state index contributed by atoms with van der Waals surface area (Å²) in [7, 11) is 0. The molecule has 4 rings (SSSR count). The average molecular weight is 488 g/mol. The second kappa shape index (κ2) is 9.97. The standard InChI is InChI=1S/C25H27F2N3O5/c1-3-4-9-35-23-21-25(34)29-13-19(20(31)8-5-14(29)2)30(21)12-17(22(23)32)24(33)28-11-15-6-7-16(26)10-18(15)27/h6-7,10,12,14,19H,3-5,8-9,11,13H2,1-2H3,(H,28,33)/t14-,19+/m0/s1. The molecular weight excluding hydrogens is 460 g/mol. The van der Waals surface area contributed by atoms with Crippen LogP contribution in [0.1, 0.15) is 72.0 Å². The molecule has 0 spiro atoms. The van der Waals surface area contributed by atoms with E-state index in [2.05, 4.69) is 5.32 Å². The molecule has 0 unspecified atom stereocenters. The van der Waals surface area contributed by atoms with Gasteiger partial charge in [-0.15, -0.1) is 0 Å². The second-order valence-corrected chi connectivity index (χ2v) is 8.90. The molecule has 8 nitrogen and oxygen atoms in total. The molecule has 2 aliphatic heterocycles. The Morgan fingerprint density at radius 3 is 2.71 bits per heavy atom. The van der Waals surface area contributed by atoms with Crippen molar-refractivity contribution in [3.05, 3.63) is 63.1 Å². The highest BCUT2D eigenvalue weighted by molar-refractivity contribution is 6.01. The number of ketones is 1. The van der Waals surface area contributed by atoms with Crippen LogP contribution in [0.15, 0.2) is 29.2 Å². The fourth-order valence-corrected chi connectivity index (χ4v) is 4.42. The summed E-state index contributed by atoms with van der Waals surface area (Å²) in [6.45, 7) is 3.81. The van der Waals surface area contributed by atoms with Gasteiger partial charge in [-0.05, 0) is 25.8 Å². The van der Waals surface area contributed by atoms with Gasteiger partial charge in [-0.3, -0.25) is 19.2 Å². The van der Waals surface area contributed by atoms with Gasteiger partial charge in [-0.25, -0.2) is 8.78 Å². The van der Waals surface area contributed by atoms with Crippen LogP contribution < -0.4 is 15.5 Å². The van der Waals surface area contributed by atoms with Crippen molar-refractivity contribution in [3.63, 3.8) is 0 Å². The number of hydrogen-bond acceptors (Lipinski definition) is 5. The van der Waals surface area contributed by atoms with Crippen LogP contribution in [0, 0.1) is 11.6 Å². The number of amides is 2. The number of nitrogens with one attached hydrogen (secondary N) is 1. The third-order valence-electron chi connectivity index (χ3n) is 6.52. The molecular formula is C25H27F2N3O5. The zero-order valence-corrected chi connectivity index (χ0v) is 19.6. The first-order chi connectivity index (χ1) is 16.7. The highest BCUT2D eigenvalue weighted by atomic mass is 19.1. The molecule has 186 valence electrons. The van der Waals surface area contributed by atoms with Gasteiger partial charge in [-0.2, -0.15) is 0 Å². The van der Waals surface area contributed by atoms with Crippen LogP contribution >= 0.6 is 0 Å². The number of rotatable bonds is 7. The first-order valence-corrected chi connectivity index (χ1v) is 11.7. The van der Waals surface area contributed by atoms with Crippen molar-refractivity contribution in [2.75, 3.05) is 13.2 Å². The van der Waals surface area contributed by atoms with Crippen molar-refractivity contribution >= 4 is 17.6 Å². The van der Waals surface area contributed by atoms with Crippen molar-refractivity contribution in [1.29, 1.82) is 0 Å². The smallest absolute Gasteiger partial charge is 0.274 e. The summed E-state index contributed by atoms with van der Waals surface area (Å²) < 4.78 is 34.3. The maximum atomic E-state index is 14.0. The topological polar surface area (TPSA) is 97.7 Å². The number of nitrogens with zero attached hydrogens (tertiary/aromatic N) is 2. The molecule has 0 radical (unpaired) electrons. The molecule has 1 N–H and O–H groups in total. The third kappa shape index (κ3) is 4.69. The van der Waals surface area contributed by atoms with E-state index in [4.69, 9.17) is 4.74 Å². The van der Waals surface area contributed by atoms with E-state index in [0.29, 0.717) is 18.9 Å². The predicted octanol–water partition coefficient (Wildman–Crippen LogP) is 2.98. The summed E-state index contributed by atoms with van der Waals surface area (Å²) in [5.74, 6) is -3.19. The Morgan fingerprint density at radius 2 is 2.00 bits per heavy atom. The lowest BCUT2D eigenvalue weighted by molar-refractivity contribution is -0.122. The van der Waals surface area contributed by atoms with Gasteiger partial charge in [0, 0.05) is 43.4 Å². The van der Waals surface area contributed by atoms with Gasteiger partial charge in [-0.1, -0.05) is 19.4 Å². The zero-order chi connectivity index (χ0) is 25.3. The Hall–Kier alpha value is -3.56. The SMILES string of the molecule is CCCCOc1c2n(cc(C(=O)NCc3ccc(F)cc3F)c1=O)[C@@H]1CN(C2=O)[C@@H](C)CCC1=O. The lowest BCUT2D eigenvalue weighted by Crippen LogP contribution is -2.49. The van der Waals surface area contributed by atoms with Gasteiger partial charge < -0.3 is 19.5 Å². The number of benzene rings is 1. The van der Waals surface area contributed by atoms with Gasteiger partial charge in [0.25, 0.3) is 11.8 Å². The lowest BCUT2D eigenvalue weighted by Gasteiger charge is -2.36. The third-order valence-corrected chi connectivity index (χ3v) is 6.52. The molecule has 35 heavy (non-hydrogen) atoms. The van der Waals surface area contributed by atoms with Crippen LogP contribution in [0.4, 0.5) is 8.78 Å². The van der Waals surface area contributed by atoms with Gasteiger partial charge in [0.15, 0.2) is 17.2 Å². The normalized spacial score (nSPS) is 19.3. The molecule has 1 saturated heterocycles. The molecule has 2 amide bonds. The summed E-state index contributed by atoms with van der Waals surface area (Å²) in [6, 6.07) is 2.03. The van der Waals surface area contributed by atoms with Crippen LogP contribution in [-0.4, -0.2) is 46.3 Å². The Kier molecular flexibility index (Phi) is 7.00. The van der Waals surface area contributed by atoms with Crippen LogP contribution in [0.3, 0.4) is 0 Å². The Labute approximate surface area is 200 Å². The Morgan fingerprint density at radius 1 is 1.23 bits per heavy atom. The van der Waals surface area contributed by atoms with Gasteiger partial charge in [0.05, 0.1) is 6.61 Å². The summed E-state index contributed by atoms with van der Waals surface area (Å²) >= 11 is 0. The van der Waals surface area contributed by atoms with Crippen LogP contribution in [-0.2, 0) is 11.3 Å². The minimum Gasteiger partial charge on any atom is -0.487 e. The summed E-state index contributed by atoms with van der Waals surface area (Å²) in [5, 5.41) is 2.46. The van der Waals surface area contributed by atoms with Crippen molar-refractivity contribution in [2.45, 2.75) is 58.2 Å². The first kappa shape index (κ1) is 24.6. The quantitative estimate of drug-likeness (QED) is 0.606. The van der Waals surface area contributed by atoms with E-state index in [1.165, 1.54) is 16.8 Å². The zero-order valence-electron chi connectivity index (χ0n) is 19.6. The minimum absolute atomic E-state index is 0.0365. The van der Waals surface area contributed by atoms with Crippen molar-refractivity contribution in [3.8, 4) is 5.75 Å². The van der Waals surface area contributed by atoms with Crippen molar-refractivity contribution in [2.24, 2.45) is 0 Å². The molecule has 2 bridgehead atoms. The second-order valence-electron chi connectivity index (χ2n) is 8.90. The number of halogens is 2. The Balaban J connectivity index is 1.75. The van der Waals surface area contributed by atoms with Gasteiger partial charge in [0.1, 0.15) is 23.2 Å². The van der Waals surface area contributed by atoms with Crippen molar-refractivity contribution < 1.29 is 27.9 Å². The van der Waals surface area contributed by atoms with E-state index in [0.717, 1.165) is 12.5 Å². The van der Waals surface area contributed by atoms with E-state index in [9.17, 15) is 28.0 Å². The van der Waals surface area contributed by atoms with Gasteiger partial charge >= 0.3 is 0 Å². The van der Waals surface area contributed by atoms with Crippen LogP contribution in [0.2, 0.25) is 0 Å². The minimum atomic E-state index is -0.833. The first-order valence-electron chi connectivity index (χ1n) is 11.7. The predicted molar refractivity (Wildman–Crippen MR) is 122 cm³/mol. The molecule has 1 fully saturated rings. The average Bonchev–Trinajstić information content (AvgIpc) is 2.95. The maximum Gasteiger partial charge on any atom is 0.274 e. The Bertz CT molecular complexity index is 1240. The fraction of sp³-hybridized carbons (Fsp3) is 0.440. The molecule has 1 aromatic heterocycles. The van der Waals surface area contributed by atoms with E-state index in [1.807, 2.05) is 13.8 Å². The molecule has 2 atom stereocenters. The van der Waals surface area contributed by atoms with Crippen molar-refractivity contribution in [1.82, 2.24) is 14.8 Å². The van der Waals surface area contributed by atoms with Crippen LogP contribution in [0.25, 0.3) is 0 Å². The highest BCUT2D eigenvalue weighted by Gasteiger charge is 2.42. The highest BCUT2D eigenvalue weighted by Crippen LogP contribution is 2.33. The number of carbonyl (C=O) groups excluding carboxylic acids is 3. The number of aromatic nitrogens is 1. The lowest BCUT2D eigenvalue weighted by atomic mass is 10.0. The summed E-state index contributed by atoms with van der Waals surface area (Å²) in [6.07, 6.45) is 3.39. The number of pyridine rings is 1. The number of hydrogen-bond donors (Lipinski definition) is 1. The molecule has 1 aromatic carbocycles. The molecule has 2 aromatic rings. The number of ether oxygens (including phenoxy) is 1. The number of carbonyl (C=O) groups is 3. The molecule has 0 saturated carbocycles. The maximum absolute atomic E-state index is 14.0.